The molecule has 0 radical (unpaired) electrons. The summed E-state index contributed by atoms with van der Waals surface area (Å²) in [5, 5.41) is 7.75. The zero-order chi connectivity index (χ0) is 27.3. The van der Waals surface area contributed by atoms with E-state index >= 15 is 0 Å². The van der Waals surface area contributed by atoms with Gasteiger partial charge in [-0.05, 0) is 30.0 Å². The van der Waals surface area contributed by atoms with Crippen molar-refractivity contribution >= 4 is 31.5 Å². The Balaban J connectivity index is 3.06. The van der Waals surface area contributed by atoms with Gasteiger partial charge in [0.1, 0.15) is 25.7 Å². The van der Waals surface area contributed by atoms with E-state index in [1.807, 2.05) is 13.8 Å². The lowest BCUT2D eigenvalue weighted by atomic mass is 9.97. The molecular weight excluding hydrogens is 491 g/mol. The molecule has 3 atom stereocenters. The molecule has 0 saturated carbocycles. The first-order valence-electron chi connectivity index (χ1n) is 11.8. The van der Waals surface area contributed by atoms with Gasteiger partial charge in [0.2, 0.25) is 23.6 Å². The predicted molar refractivity (Wildman–Crippen MR) is 128 cm³/mol. The van der Waals surface area contributed by atoms with Gasteiger partial charge in [0.25, 0.3) is 0 Å². The lowest BCUT2D eigenvalue weighted by Gasteiger charge is -2.29. The summed E-state index contributed by atoms with van der Waals surface area (Å²) < 4.78 is 15.1. The van der Waals surface area contributed by atoms with Gasteiger partial charge < -0.3 is 40.6 Å². The Morgan fingerprint density at radius 1 is 1.03 bits per heavy atom. The number of nitrogens with one attached hydrogen (secondary N) is 3. The lowest BCUT2D eigenvalue weighted by Crippen LogP contribution is -2.56. The van der Waals surface area contributed by atoms with Crippen LogP contribution in [0.5, 0.6) is 5.75 Å². The average molecular weight is 527 g/mol. The van der Waals surface area contributed by atoms with E-state index in [0.29, 0.717) is 18.4 Å². The van der Waals surface area contributed by atoms with E-state index in [1.165, 1.54) is 24.3 Å². The molecule has 0 aliphatic carbocycles. The van der Waals surface area contributed by atoms with Crippen LogP contribution in [0.2, 0.25) is 0 Å². The number of hydrogen-bond acceptors (Lipinski definition) is 8. The van der Waals surface area contributed by atoms with Gasteiger partial charge in [0.15, 0.2) is 0 Å². The maximum absolute atomic E-state index is 13.2. The quantitative estimate of drug-likeness (QED) is 0.165. The van der Waals surface area contributed by atoms with Crippen molar-refractivity contribution < 1.29 is 38.1 Å². The molecule has 12 nitrogen and oxygen atoms in total. The minimum atomic E-state index is -5.22. The van der Waals surface area contributed by atoms with Gasteiger partial charge in [0.05, 0.1) is 6.54 Å². The van der Waals surface area contributed by atoms with Gasteiger partial charge in [-0.3, -0.25) is 19.2 Å². The van der Waals surface area contributed by atoms with Crippen LogP contribution in [0.15, 0.2) is 24.3 Å². The molecule has 1 rings (SSSR count). The normalized spacial score (nSPS) is 13.7. The fourth-order valence-corrected chi connectivity index (χ4v) is 3.68. The van der Waals surface area contributed by atoms with E-state index in [0.717, 1.165) is 12.8 Å². The van der Waals surface area contributed by atoms with Crippen LogP contribution in [-0.2, 0) is 30.2 Å². The third-order valence-electron chi connectivity index (χ3n) is 5.47. The first-order valence-corrected chi connectivity index (χ1v) is 13.3. The number of carbonyl (C=O) groups excluding carboxylic acids is 4. The Morgan fingerprint density at radius 3 is 2.19 bits per heavy atom. The van der Waals surface area contributed by atoms with E-state index in [1.54, 1.807) is 6.92 Å². The van der Waals surface area contributed by atoms with Crippen molar-refractivity contribution in [3.8, 4) is 5.75 Å². The van der Waals surface area contributed by atoms with Crippen LogP contribution < -0.4 is 36.0 Å². The molecule has 13 heteroatoms. The monoisotopic (exact) mass is 526 g/mol. The number of phosphoric ester groups is 1. The van der Waals surface area contributed by atoms with Gasteiger partial charge in [-0.15, -0.1) is 0 Å². The van der Waals surface area contributed by atoms with Crippen LogP contribution in [0.3, 0.4) is 0 Å². The SMILES string of the molecule is CCCCCC(=O)NC(Cc1ccc(OP(=O)([O-])[O-])cc1)C(=O)NC(C(=O)NCC(N)=O)C(C)CC. The van der Waals surface area contributed by atoms with Gasteiger partial charge in [-0.25, -0.2) is 0 Å². The number of rotatable bonds is 16. The largest absolute Gasteiger partial charge is 0.780 e. The van der Waals surface area contributed by atoms with Crippen LogP contribution in [-0.4, -0.2) is 42.3 Å². The number of nitrogens with two attached hydrogens (primary N) is 1. The maximum Gasteiger partial charge on any atom is 0.243 e. The minimum absolute atomic E-state index is 0.0220. The van der Waals surface area contributed by atoms with E-state index < -0.39 is 37.6 Å². The molecule has 36 heavy (non-hydrogen) atoms. The standard InChI is InChI=1S/C23H37N4O8P/c1-4-6-7-8-20(29)26-18(13-16-9-11-17(12-10-16)35-36(32,33)34)22(30)27-21(15(3)5-2)23(31)25-14-19(24)28/h9-12,15,18,21H,4-8,13-14H2,1-3H3,(H2,24,28)(H,25,31)(H,26,29)(H,27,30)(H2,32,33,34)/p-2. The molecule has 202 valence electrons. The second kappa shape index (κ2) is 15.2. The molecule has 0 saturated heterocycles. The molecule has 1 aromatic carbocycles. The molecule has 3 unspecified atom stereocenters. The molecular formula is C23H35N4O8P-2. The highest BCUT2D eigenvalue weighted by molar-refractivity contribution is 7.43. The van der Waals surface area contributed by atoms with E-state index in [2.05, 4.69) is 20.5 Å². The van der Waals surface area contributed by atoms with Crippen LogP contribution in [0, 0.1) is 5.92 Å². The first kappa shape index (κ1) is 31.1. The van der Waals surface area contributed by atoms with Crippen molar-refractivity contribution in [2.45, 2.75) is 71.4 Å². The minimum Gasteiger partial charge on any atom is -0.780 e. The summed E-state index contributed by atoms with van der Waals surface area (Å²) in [7, 11) is -5.22. The topological polar surface area (TPSA) is 203 Å². The summed E-state index contributed by atoms with van der Waals surface area (Å²) in [6.45, 7) is 5.22. The molecule has 0 aliphatic heterocycles. The highest BCUT2D eigenvalue weighted by Gasteiger charge is 2.30. The van der Waals surface area contributed by atoms with Crippen molar-refractivity contribution in [2.24, 2.45) is 11.7 Å². The number of hydrogen-bond donors (Lipinski definition) is 4. The summed E-state index contributed by atoms with van der Waals surface area (Å²) in [5.74, 6) is -2.71. The Morgan fingerprint density at radius 2 is 1.67 bits per heavy atom. The van der Waals surface area contributed by atoms with E-state index in [9.17, 15) is 33.5 Å². The summed E-state index contributed by atoms with van der Waals surface area (Å²) in [4.78, 5) is 70.9. The summed E-state index contributed by atoms with van der Waals surface area (Å²) in [6, 6.07) is 3.41. The second-order valence-corrected chi connectivity index (χ2v) is 9.60. The lowest BCUT2D eigenvalue weighted by molar-refractivity contribution is -0.333. The number of benzene rings is 1. The third kappa shape index (κ3) is 12.1. The van der Waals surface area contributed by atoms with Crippen molar-refractivity contribution in [3.05, 3.63) is 29.8 Å². The summed E-state index contributed by atoms with van der Waals surface area (Å²) in [6.07, 6.45) is 3.22. The number of amides is 4. The fourth-order valence-electron chi connectivity index (χ4n) is 3.30. The van der Waals surface area contributed by atoms with Gasteiger partial charge in [-0.2, -0.15) is 0 Å². The number of unbranched alkanes of at least 4 members (excludes halogenated alkanes) is 2. The van der Waals surface area contributed by atoms with Crippen LogP contribution in [0.25, 0.3) is 0 Å². The molecule has 0 spiro atoms. The first-order chi connectivity index (χ1) is 16.9. The van der Waals surface area contributed by atoms with Crippen LogP contribution in [0.4, 0.5) is 0 Å². The summed E-state index contributed by atoms with van der Waals surface area (Å²) in [5.41, 5.74) is 5.63. The number of phosphoric acid groups is 1. The molecule has 0 aromatic heterocycles. The van der Waals surface area contributed by atoms with Gasteiger partial charge in [-0.1, -0.05) is 52.2 Å². The molecule has 1 aromatic rings. The highest BCUT2D eigenvalue weighted by Crippen LogP contribution is 2.29. The number of carbonyl (C=O) groups is 4. The highest BCUT2D eigenvalue weighted by atomic mass is 31.2. The molecule has 4 amide bonds. The Hall–Kier alpha value is -2.95. The molecule has 5 N–H and O–H groups in total. The molecule has 0 bridgehead atoms. The van der Waals surface area contributed by atoms with Gasteiger partial charge in [0, 0.05) is 12.8 Å². The molecule has 0 fully saturated rings. The van der Waals surface area contributed by atoms with Crippen LogP contribution in [0.1, 0.15) is 58.4 Å². The Kier molecular flexibility index (Phi) is 13.1. The van der Waals surface area contributed by atoms with Crippen molar-refractivity contribution in [3.63, 3.8) is 0 Å². The smallest absolute Gasteiger partial charge is 0.243 e. The van der Waals surface area contributed by atoms with E-state index in [-0.39, 0.29) is 37.0 Å². The zero-order valence-corrected chi connectivity index (χ0v) is 21.7. The Labute approximate surface area is 211 Å². The van der Waals surface area contributed by atoms with Crippen molar-refractivity contribution in [1.82, 2.24) is 16.0 Å². The average Bonchev–Trinajstić information content (AvgIpc) is 2.80. The van der Waals surface area contributed by atoms with E-state index in [4.69, 9.17) is 5.73 Å². The fraction of sp³-hybridized carbons (Fsp3) is 0.565. The van der Waals surface area contributed by atoms with Crippen molar-refractivity contribution in [1.29, 1.82) is 0 Å². The third-order valence-corrected chi connectivity index (χ3v) is 5.90. The van der Waals surface area contributed by atoms with Gasteiger partial charge >= 0.3 is 0 Å². The zero-order valence-electron chi connectivity index (χ0n) is 20.8. The van der Waals surface area contributed by atoms with Crippen molar-refractivity contribution in [2.75, 3.05) is 6.54 Å². The summed E-state index contributed by atoms with van der Waals surface area (Å²) >= 11 is 0. The number of primary amides is 1. The maximum atomic E-state index is 13.2. The Bertz CT molecular complexity index is 935. The molecule has 0 aliphatic rings. The van der Waals surface area contributed by atoms with Crippen LogP contribution >= 0.6 is 7.82 Å². The molecule has 0 heterocycles. The second-order valence-electron chi connectivity index (χ2n) is 8.52. The predicted octanol–water partition coefficient (Wildman–Crippen LogP) is -0.366.